The van der Waals surface area contributed by atoms with Crippen molar-refractivity contribution in [2.75, 3.05) is 6.61 Å². The number of aliphatic hydroxyl groups is 1. The third kappa shape index (κ3) is 6.27. The standard InChI is InChI=1S/C7H6N4O.C6H3N5.C6H4N4O2.C2H6O/c1-4(12)5-6-7(10-2-8-5)11-3-9-6;1-7-5-4-6(10-2-8-4)11-3-9-5;11-6(12)4-3-5(9-1-7-3)10-2-8-4;1-2-3/h2-3H,1H3,(H,8,9,10,11);2-3H,(H,8,9,10,11);1-2H,(H,11,12)(H,7,8,9,10);3H,2H2,1H3. The molecule has 6 rings (SSSR count). The van der Waals surface area contributed by atoms with Gasteiger partial charge in [0.2, 0.25) is 6.33 Å². The highest BCUT2D eigenvalue weighted by atomic mass is 16.4. The van der Waals surface area contributed by atoms with Crippen LogP contribution >= 0.6 is 0 Å². The van der Waals surface area contributed by atoms with E-state index in [4.69, 9.17) is 16.8 Å². The highest BCUT2D eigenvalue weighted by Gasteiger charge is 2.11. The van der Waals surface area contributed by atoms with Gasteiger partial charge in [0, 0.05) is 13.5 Å². The zero-order valence-electron chi connectivity index (χ0n) is 19.9. The number of ketones is 1. The number of fused-ring (bicyclic) bond motifs is 3. The smallest absolute Gasteiger partial charge is 0.356 e. The largest absolute Gasteiger partial charge is 0.476 e. The summed E-state index contributed by atoms with van der Waals surface area (Å²) in [5.74, 6) is -0.870. The summed E-state index contributed by atoms with van der Waals surface area (Å²) < 4.78 is 0. The van der Waals surface area contributed by atoms with Crippen LogP contribution in [0.25, 0.3) is 38.3 Å². The van der Waals surface area contributed by atoms with E-state index in [1.807, 2.05) is 0 Å². The fourth-order valence-corrected chi connectivity index (χ4v) is 2.80. The average Bonchev–Trinajstić information content (AvgIpc) is 3.69. The number of Topliss-reactive ketones (excluding diaryl/α,β-unsaturated/α-hetero) is 1. The second-order valence-electron chi connectivity index (χ2n) is 6.73. The third-order valence-electron chi connectivity index (χ3n) is 4.29. The number of carboxylic acid groups (broad SMARTS) is 1. The Labute approximate surface area is 212 Å². The predicted molar refractivity (Wildman–Crippen MR) is 131 cm³/mol. The molecule has 192 valence electrons. The predicted octanol–water partition coefficient (Wildman–Crippen LogP) is 1.51. The van der Waals surface area contributed by atoms with Crippen molar-refractivity contribution in [2.45, 2.75) is 13.8 Å². The Bertz CT molecular complexity index is 1630. The van der Waals surface area contributed by atoms with E-state index in [-0.39, 0.29) is 18.1 Å². The molecular formula is C21H19N13O4. The summed E-state index contributed by atoms with van der Waals surface area (Å²) >= 11 is 0. The minimum Gasteiger partial charge on any atom is -0.476 e. The summed E-state index contributed by atoms with van der Waals surface area (Å²) in [6, 6.07) is 0. The molecule has 0 amide bonds. The normalized spacial score (nSPS) is 9.84. The third-order valence-corrected chi connectivity index (χ3v) is 4.29. The Morgan fingerprint density at radius 1 is 0.763 bits per heavy atom. The van der Waals surface area contributed by atoms with Crippen LogP contribution in [0, 0.1) is 6.57 Å². The lowest BCUT2D eigenvalue weighted by Gasteiger charge is -1.93. The molecule has 5 N–H and O–H groups in total. The van der Waals surface area contributed by atoms with Crippen molar-refractivity contribution in [1.29, 1.82) is 0 Å². The number of carbonyl (C=O) groups excluding carboxylic acids is 1. The van der Waals surface area contributed by atoms with Crippen LogP contribution in [-0.4, -0.2) is 88.4 Å². The van der Waals surface area contributed by atoms with Gasteiger partial charge in [0.05, 0.1) is 19.0 Å². The average molecular weight is 517 g/mol. The first kappa shape index (κ1) is 26.8. The Kier molecular flexibility index (Phi) is 9.04. The topological polar surface area (TPSA) is 242 Å². The van der Waals surface area contributed by atoms with Gasteiger partial charge in [-0.25, -0.2) is 39.7 Å². The van der Waals surface area contributed by atoms with Crippen molar-refractivity contribution in [3.63, 3.8) is 0 Å². The van der Waals surface area contributed by atoms with Gasteiger partial charge in [0.15, 0.2) is 28.4 Å². The molecule has 0 aliphatic rings. The molecule has 0 radical (unpaired) electrons. The minimum absolute atomic E-state index is 0.0579. The lowest BCUT2D eigenvalue weighted by molar-refractivity contribution is 0.0692. The van der Waals surface area contributed by atoms with Crippen LogP contribution in [0.15, 0.2) is 38.0 Å². The molecule has 6 aromatic heterocycles. The van der Waals surface area contributed by atoms with E-state index >= 15 is 0 Å². The molecule has 0 saturated carbocycles. The molecule has 6 aromatic rings. The van der Waals surface area contributed by atoms with Crippen molar-refractivity contribution in [2.24, 2.45) is 0 Å². The lowest BCUT2D eigenvalue weighted by Crippen LogP contribution is -2.01. The second kappa shape index (κ2) is 12.8. The van der Waals surface area contributed by atoms with Gasteiger partial charge in [0.25, 0.3) is 5.82 Å². The second-order valence-corrected chi connectivity index (χ2v) is 6.73. The van der Waals surface area contributed by atoms with E-state index in [0.717, 1.165) is 0 Å². The first-order chi connectivity index (χ1) is 18.4. The summed E-state index contributed by atoms with van der Waals surface area (Å²) in [7, 11) is 0. The molecular weight excluding hydrogens is 498 g/mol. The molecule has 0 unspecified atom stereocenters. The number of hydrogen-bond acceptors (Lipinski definition) is 12. The summed E-state index contributed by atoms with van der Waals surface area (Å²) in [4.78, 5) is 67.3. The molecule has 0 aliphatic heterocycles. The Hall–Kier alpha value is -5.76. The summed E-state index contributed by atoms with van der Waals surface area (Å²) in [6.45, 7) is 10.1. The van der Waals surface area contributed by atoms with Gasteiger partial charge in [-0.3, -0.25) is 4.79 Å². The van der Waals surface area contributed by atoms with Crippen molar-refractivity contribution in [1.82, 2.24) is 59.8 Å². The summed E-state index contributed by atoms with van der Waals surface area (Å²) in [5.41, 5.74) is 3.30. The fourth-order valence-electron chi connectivity index (χ4n) is 2.80. The van der Waals surface area contributed by atoms with Gasteiger partial charge < -0.3 is 30.0 Å². The Morgan fingerprint density at radius 3 is 1.66 bits per heavy atom. The van der Waals surface area contributed by atoms with Crippen LogP contribution in [0.5, 0.6) is 0 Å². The number of nitrogens with zero attached hydrogens (tertiary/aromatic N) is 10. The van der Waals surface area contributed by atoms with Gasteiger partial charge in [-0.2, -0.15) is 4.98 Å². The Balaban J connectivity index is 0.000000150. The molecule has 17 nitrogen and oxygen atoms in total. The van der Waals surface area contributed by atoms with Crippen LogP contribution in [0.3, 0.4) is 0 Å². The fraction of sp³-hybridized carbons (Fsp3) is 0.143. The van der Waals surface area contributed by atoms with Crippen LogP contribution in [0.1, 0.15) is 34.8 Å². The number of carboxylic acids is 1. The quantitative estimate of drug-likeness (QED) is 0.162. The molecule has 0 bridgehead atoms. The van der Waals surface area contributed by atoms with Crippen molar-refractivity contribution < 1.29 is 19.8 Å². The van der Waals surface area contributed by atoms with Gasteiger partial charge in [-0.15, -0.1) is 4.98 Å². The molecule has 6 heterocycles. The van der Waals surface area contributed by atoms with E-state index in [2.05, 4.69) is 64.7 Å². The van der Waals surface area contributed by atoms with Gasteiger partial charge in [0.1, 0.15) is 34.9 Å². The van der Waals surface area contributed by atoms with Crippen molar-refractivity contribution in [3.05, 3.63) is 60.8 Å². The summed E-state index contributed by atoms with van der Waals surface area (Å²) in [5, 5.41) is 16.2. The zero-order valence-corrected chi connectivity index (χ0v) is 19.9. The summed E-state index contributed by atoms with van der Waals surface area (Å²) in [6.07, 6.45) is 8.20. The monoisotopic (exact) mass is 517 g/mol. The number of imidazole rings is 3. The SMILES string of the molecule is CC(=O)c1ncnc2nc[nH]c12.CCO.O=C(O)c1ncnc2nc[nH]c12.[C-]#[N+]c1ncnc2nc[nH]c12. The number of aliphatic hydroxyl groups excluding tert-OH is 1. The first-order valence-electron chi connectivity index (χ1n) is 10.6. The lowest BCUT2D eigenvalue weighted by atomic mass is 10.3. The molecule has 0 atom stereocenters. The highest BCUT2D eigenvalue weighted by Crippen LogP contribution is 2.16. The highest BCUT2D eigenvalue weighted by molar-refractivity contribution is 6.01. The van der Waals surface area contributed by atoms with E-state index in [1.165, 1.54) is 44.9 Å². The number of H-pyrrole nitrogens is 3. The first-order valence-corrected chi connectivity index (χ1v) is 10.6. The van der Waals surface area contributed by atoms with Crippen LogP contribution < -0.4 is 0 Å². The maximum Gasteiger partial charge on any atom is 0.356 e. The van der Waals surface area contributed by atoms with Crippen LogP contribution in [0.4, 0.5) is 5.82 Å². The number of hydrogen-bond donors (Lipinski definition) is 5. The number of aromatic amines is 3. The van der Waals surface area contributed by atoms with Gasteiger partial charge in [-0.1, -0.05) is 6.57 Å². The van der Waals surface area contributed by atoms with Gasteiger partial charge >= 0.3 is 5.97 Å². The minimum atomic E-state index is -1.09. The molecule has 0 spiro atoms. The van der Waals surface area contributed by atoms with E-state index in [9.17, 15) is 9.59 Å². The molecule has 0 aliphatic carbocycles. The number of carbonyl (C=O) groups is 2. The van der Waals surface area contributed by atoms with E-state index in [1.54, 1.807) is 6.92 Å². The number of nitrogens with one attached hydrogen (secondary N) is 3. The number of aromatic nitrogens is 12. The molecule has 17 heteroatoms. The van der Waals surface area contributed by atoms with E-state index < -0.39 is 5.97 Å². The molecule has 0 aromatic carbocycles. The zero-order chi connectivity index (χ0) is 27.5. The molecule has 38 heavy (non-hydrogen) atoms. The number of aromatic carboxylic acids is 1. The molecule has 0 saturated heterocycles. The molecule has 0 fully saturated rings. The number of rotatable bonds is 2. The van der Waals surface area contributed by atoms with Crippen LogP contribution in [0.2, 0.25) is 0 Å². The van der Waals surface area contributed by atoms with Gasteiger partial charge in [-0.05, 0) is 6.92 Å². The maximum absolute atomic E-state index is 11.0. The maximum atomic E-state index is 11.0. The van der Waals surface area contributed by atoms with Crippen LogP contribution in [-0.2, 0) is 0 Å². The van der Waals surface area contributed by atoms with Crippen molar-refractivity contribution >= 4 is 51.1 Å². The van der Waals surface area contributed by atoms with E-state index in [0.29, 0.717) is 45.0 Å². The van der Waals surface area contributed by atoms with Crippen molar-refractivity contribution in [3.8, 4) is 0 Å². The Morgan fingerprint density at radius 2 is 1.18 bits per heavy atom.